The van der Waals surface area contributed by atoms with E-state index in [4.69, 9.17) is 4.74 Å². The lowest BCUT2D eigenvalue weighted by atomic mass is 10.1. The Labute approximate surface area is 100 Å². The van der Waals surface area contributed by atoms with Crippen LogP contribution in [-0.2, 0) is 4.74 Å². The molecule has 1 heterocycles. The Balaban J connectivity index is 2.18. The maximum Gasteiger partial charge on any atom is 0.254 e. The van der Waals surface area contributed by atoms with Crippen molar-refractivity contribution < 1.29 is 13.9 Å². The number of halogens is 1. The van der Waals surface area contributed by atoms with Gasteiger partial charge in [-0.25, -0.2) is 4.39 Å². The van der Waals surface area contributed by atoms with Gasteiger partial charge in [0, 0.05) is 19.2 Å². The molecule has 0 bridgehead atoms. The Kier molecular flexibility index (Phi) is 3.43. The Morgan fingerprint density at radius 2 is 2.29 bits per heavy atom. The Morgan fingerprint density at radius 3 is 2.88 bits per heavy atom. The fourth-order valence-corrected chi connectivity index (χ4v) is 2.05. The standard InChI is InChI=1S/C13H16FNO2/c1-9-7-10(14)3-4-12(9)13(16)15(2)11-5-6-17-8-11/h3-4,7,11H,5-6,8H2,1-2H3. The zero-order valence-electron chi connectivity index (χ0n) is 10.1. The van der Waals surface area contributed by atoms with Gasteiger partial charge in [-0.3, -0.25) is 4.79 Å². The molecular weight excluding hydrogens is 221 g/mol. The number of amides is 1. The molecule has 0 aromatic heterocycles. The van der Waals surface area contributed by atoms with Crippen molar-refractivity contribution in [2.24, 2.45) is 0 Å². The van der Waals surface area contributed by atoms with Gasteiger partial charge in [0.05, 0.1) is 12.6 Å². The van der Waals surface area contributed by atoms with E-state index in [0.717, 1.165) is 6.42 Å². The first-order valence-corrected chi connectivity index (χ1v) is 5.70. The van der Waals surface area contributed by atoms with Gasteiger partial charge in [-0.15, -0.1) is 0 Å². The SMILES string of the molecule is Cc1cc(F)ccc1C(=O)N(C)C1CCOC1. The second-order valence-electron chi connectivity index (χ2n) is 4.39. The van der Waals surface area contributed by atoms with Gasteiger partial charge in [0.1, 0.15) is 5.82 Å². The Hall–Kier alpha value is -1.42. The molecule has 1 aromatic rings. The minimum absolute atomic E-state index is 0.0713. The normalized spacial score (nSPS) is 19.4. The Morgan fingerprint density at radius 1 is 1.53 bits per heavy atom. The maximum atomic E-state index is 13.0. The van der Waals surface area contributed by atoms with E-state index in [0.29, 0.717) is 24.3 Å². The predicted molar refractivity (Wildman–Crippen MR) is 62.5 cm³/mol. The molecule has 0 aliphatic carbocycles. The van der Waals surface area contributed by atoms with Crippen LogP contribution >= 0.6 is 0 Å². The summed E-state index contributed by atoms with van der Waals surface area (Å²) in [7, 11) is 1.77. The first kappa shape index (κ1) is 12.0. The van der Waals surface area contributed by atoms with E-state index >= 15 is 0 Å². The second-order valence-corrected chi connectivity index (χ2v) is 4.39. The first-order valence-electron chi connectivity index (χ1n) is 5.70. The van der Waals surface area contributed by atoms with Crippen LogP contribution in [0.2, 0.25) is 0 Å². The summed E-state index contributed by atoms with van der Waals surface area (Å²) in [5.41, 5.74) is 1.22. The molecule has 92 valence electrons. The van der Waals surface area contributed by atoms with Crippen molar-refractivity contribution in [3.63, 3.8) is 0 Å². The van der Waals surface area contributed by atoms with Crippen LogP contribution in [0, 0.1) is 12.7 Å². The van der Waals surface area contributed by atoms with Gasteiger partial charge < -0.3 is 9.64 Å². The van der Waals surface area contributed by atoms with Crippen LogP contribution in [0.5, 0.6) is 0 Å². The lowest BCUT2D eigenvalue weighted by molar-refractivity contribution is 0.0710. The molecule has 1 aliphatic rings. The lowest BCUT2D eigenvalue weighted by Crippen LogP contribution is -2.37. The highest BCUT2D eigenvalue weighted by atomic mass is 19.1. The molecule has 0 radical (unpaired) electrons. The molecular formula is C13H16FNO2. The summed E-state index contributed by atoms with van der Waals surface area (Å²) in [6, 6.07) is 4.37. The van der Waals surface area contributed by atoms with E-state index in [1.165, 1.54) is 12.1 Å². The summed E-state index contributed by atoms with van der Waals surface area (Å²) < 4.78 is 18.2. The second kappa shape index (κ2) is 4.84. The zero-order valence-corrected chi connectivity index (χ0v) is 10.1. The lowest BCUT2D eigenvalue weighted by Gasteiger charge is -2.23. The number of benzene rings is 1. The van der Waals surface area contributed by atoms with Gasteiger partial charge in [-0.2, -0.15) is 0 Å². The fraction of sp³-hybridized carbons (Fsp3) is 0.462. The average molecular weight is 237 g/mol. The summed E-state index contributed by atoms with van der Waals surface area (Å²) in [6.07, 6.45) is 0.864. The average Bonchev–Trinajstić information content (AvgIpc) is 2.80. The van der Waals surface area contributed by atoms with Crippen LogP contribution in [0.4, 0.5) is 4.39 Å². The number of aryl methyl sites for hydroxylation is 1. The van der Waals surface area contributed by atoms with E-state index in [9.17, 15) is 9.18 Å². The van der Waals surface area contributed by atoms with Crippen molar-refractivity contribution in [1.29, 1.82) is 0 Å². The summed E-state index contributed by atoms with van der Waals surface area (Å²) in [5, 5.41) is 0. The van der Waals surface area contributed by atoms with E-state index in [1.807, 2.05) is 0 Å². The summed E-state index contributed by atoms with van der Waals surface area (Å²) in [4.78, 5) is 13.9. The van der Waals surface area contributed by atoms with Crippen LogP contribution in [0.1, 0.15) is 22.3 Å². The van der Waals surface area contributed by atoms with Gasteiger partial charge in [-0.05, 0) is 37.1 Å². The van der Waals surface area contributed by atoms with Crippen LogP contribution < -0.4 is 0 Å². The van der Waals surface area contributed by atoms with Gasteiger partial charge in [-0.1, -0.05) is 0 Å². The maximum absolute atomic E-state index is 13.0. The molecule has 4 heteroatoms. The van der Waals surface area contributed by atoms with Crippen LogP contribution in [-0.4, -0.2) is 37.1 Å². The molecule has 1 unspecified atom stereocenters. The molecule has 3 nitrogen and oxygen atoms in total. The largest absolute Gasteiger partial charge is 0.379 e. The number of likely N-dealkylation sites (N-methyl/N-ethyl adjacent to an activating group) is 1. The Bertz CT molecular complexity index is 427. The highest BCUT2D eigenvalue weighted by molar-refractivity contribution is 5.95. The van der Waals surface area contributed by atoms with Crippen LogP contribution in [0.25, 0.3) is 0 Å². The van der Waals surface area contributed by atoms with E-state index in [1.54, 1.807) is 24.9 Å². The molecule has 2 rings (SSSR count). The number of carbonyl (C=O) groups excluding carboxylic acids is 1. The van der Waals surface area contributed by atoms with Gasteiger partial charge in [0.25, 0.3) is 5.91 Å². The van der Waals surface area contributed by atoms with Gasteiger partial charge in [0.15, 0.2) is 0 Å². The number of ether oxygens (including phenoxy) is 1. The number of hydrogen-bond acceptors (Lipinski definition) is 2. The first-order chi connectivity index (χ1) is 8.09. The third kappa shape index (κ3) is 2.47. The molecule has 1 atom stereocenters. The molecule has 0 N–H and O–H groups in total. The van der Waals surface area contributed by atoms with Crippen LogP contribution in [0.3, 0.4) is 0 Å². The van der Waals surface area contributed by atoms with Crippen molar-refractivity contribution >= 4 is 5.91 Å². The zero-order chi connectivity index (χ0) is 12.4. The van der Waals surface area contributed by atoms with Crippen molar-refractivity contribution in [2.45, 2.75) is 19.4 Å². The number of rotatable bonds is 2. The number of hydrogen-bond donors (Lipinski definition) is 0. The summed E-state index contributed by atoms with van der Waals surface area (Å²) in [6.45, 7) is 3.03. The van der Waals surface area contributed by atoms with Gasteiger partial charge in [0.2, 0.25) is 0 Å². The van der Waals surface area contributed by atoms with Gasteiger partial charge >= 0.3 is 0 Å². The molecule has 0 saturated carbocycles. The van der Waals surface area contributed by atoms with Crippen molar-refractivity contribution in [3.05, 3.63) is 35.1 Å². The third-order valence-electron chi connectivity index (χ3n) is 3.19. The number of carbonyl (C=O) groups is 1. The summed E-state index contributed by atoms with van der Waals surface area (Å²) >= 11 is 0. The molecule has 17 heavy (non-hydrogen) atoms. The molecule has 1 aromatic carbocycles. The highest BCUT2D eigenvalue weighted by Crippen LogP contribution is 2.17. The van der Waals surface area contributed by atoms with E-state index < -0.39 is 0 Å². The monoisotopic (exact) mass is 237 g/mol. The minimum atomic E-state index is -0.314. The summed E-state index contributed by atoms with van der Waals surface area (Å²) in [5.74, 6) is -0.385. The molecule has 1 saturated heterocycles. The predicted octanol–water partition coefficient (Wildman–Crippen LogP) is 2.00. The van der Waals surface area contributed by atoms with Crippen LogP contribution in [0.15, 0.2) is 18.2 Å². The molecule has 1 amide bonds. The highest BCUT2D eigenvalue weighted by Gasteiger charge is 2.25. The topological polar surface area (TPSA) is 29.5 Å². The quantitative estimate of drug-likeness (QED) is 0.787. The van der Waals surface area contributed by atoms with Crippen molar-refractivity contribution in [2.75, 3.05) is 20.3 Å². The smallest absolute Gasteiger partial charge is 0.254 e. The van der Waals surface area contributed by atoms with Crippen molar-refractivity contribution in [3.8, 4) is 0 Å². The molecule has 0 spiro atoms. The number of nitrogens with zero attached hydrogens (tertiary/aromatic N) is 1. The fourth-order valence-electron chi connectivity index (χ4n) is 2.05. The minimum Gasteiger partial charge on any atom is -0.379 e. The van der Waals surface area contributed by atoms with E-state index in [-0.39, 0.29) is 17.8 Å². The van der Waals surface area contributed by atoms with E-state index in [2.05, 4.69) is 0 Å². The van der Waals surface area contributed by atoms with Crippen molar-refractivity contribution in [1.82, 2.24) is 4.90 Å². The molecule has 1 aliphatic heterocycles. The third-order valence-corrected chi connectivity index (χ3v) is 3.19. The molecule has 1 fully saturated rings.